The van der Waals surface area contributed by atoms with Crippen LogP contribution in [0.4, 0.5) is 0 Å². The number of allylic oxidation sites excluding steroid dienone is 1. The van der Waals surface area contributed by atoms with Crippen LogP contribution in [0.15, 0.2) is 48.5 Å². The second-order valence-corrected chi connectivity index (χ2v) is 6.09. The van der Waals surface area contributed by atoms with Crippen LogP contribution >= 0.6 is 0 Å². The number of aryl methyl sites for hydroxylation is 2. The van der Waals surface area contributed by atoms with Gasteiger partial charge in [-0.3, -0.25) is 9.89 Å². The second-order valence-electron chi connectivity index (χ2n) is 6.09. The molecular formula is C21H20N2O3. The number of ether oxygens (including phenoxy) is 1. The Morgan fingerprint density at radius 3 is 2.62 bits per heavy atom. The number of ketones is 1. The molecule has 3 aromatic rings. The van der Waals surface area contributed by atoms with Gasteiger partial charge < -0.3 is 9.84 Å². The number of carbonyl (C=O) groups excluding carboxylic acids is 1. The predicted molar refractivity (Wildman–Crippen MR) is 102 cm³/mol. The molecule has 132 valence electrons. The summed E-state index contributed by atoms with van der Waals surface area (Å²) in [7, 11) is 1.46. The Bertz CT molecular complexity index is 987. The number of aromatic amines is 1. The highest BCUT2D eigenvalue weighted by Gasteiger charge is 2.08. The maximum atomic E-state index is 12.3. The number of aromatic hydroxyl groups is 1. The first-order valence-electron chi connectivity index (χ1n) is 8.20. The van der Waals surface area contributed by atoms with Gasteiger partial charge in [-0.25, -0.2) is 0 Å². The lowest BCUT2D eigenvalue weighted by Gasteiger charge is -2.03. The number of benzene rings is 2. The molecule has 0 unspecified atom stereocenters. The molecule has 0 aliphatic carbocycles. The van der Waals surface area contributed by atoms with Crippen molar-refractivity contribution in [3.05, 3.63) is 70.9 Å². The molecule has 26 heavy (non-hydrogen) atoms. The van der Waals surface area contributed by atoms with E-state index in [0.717, 1.165) is 17.0 Å². The third-order valence-corrected chi connectivity index (χ3v) is 4.28. The standard InChI is InChI=1S/C21H20N2O3/c1-13-4-5-15(10-14(13)2)18-12-17(22-23-18)7-8-19(24)16-6-9-21(26-3)20(25)11-16/h4-12,25H,1-3H3,(H,22,23). The van der Waals surface area contributed by atoms with Gasteiger partial charge in [-0.15, -0.1) is 0 Å². The molecule has 0 bridgehead atoms. The highest BCUT2D eigenvalue weighted by Crippen LogP contribution is 2.26. The zero-order valence-corrected chi connectivity index (χ0v) is 14.9. The minimum Gasteiger partial charge on any atom is -0.504 e. The van der Waals surface area contributed by atoms with E-state index in [2.05, 4.69) is 36.2 Å². The van der Waals surface area contributed by atoms with Crippen LogP contribution in [-0.4, -0.2) is 28.2 Å². The Kier molecular flexibility index (Phi) is 4.89. The summed E-state index contributed by atoms with van der Waals surface area (Å²) in [5.74, 6) is 0.0488. The van der Waals surface area contributed by atoms with Gasteiger partial charge in [0.2, 0.25) is 0 Å². The molecule has 0 saturated heterocycles. The van der Waals surface area contributed by atoms with Crippen molar-refractivity contribution in [1.29, 1.82) is 0 Å². The molecule has 5 nitrogen and oxygen atoms in total. The number of aromatic nitrogens is 2. The Balaban J connectivity index is 1.76. The molecule has 1 heterocycles. The predicted octanol–water partition coefficient (Wildman–Crippen LogP) is 4.30. The van der Waals surface area contributed by atoms with Crippen molar-refractivity contribution in [3.8, 4) is 22.8 Å². The molecule has 0 saturated carbocycles. The van der Waals surface area contributed by atoms with Gasteiger partial charge in [-0.1, -0.05) is 12.1 Å². The fourth-order valence-electron chi connectivity index (χ4n) is 2.58. The van der Waals surface area contributed by atoms with Crippen LogP contribution in [-0.2, 0) is 0 Å². The number of methoxy groups -OCH3 is 1. The van der Waals surface area contributed by atoms with Crippen LogP contribution in [0, 0.1) is 13.8 Å². The number of phenolic OH excluding ortho intramolecular Hbond substituents is 1. The maximum Gasteiger partial charge on any atom is 0.186 e. The highest BCUT2D eigenvalue weighted by atomic mass is 16.5. The van der Waals surface area contributed by atoms with Gasteiger partial charge >= 0.3 is 0 Å². The average Bonchev–Trinajstić information content (AvgIpc) is 3.11. The summed E-state index contributed by atoms with van der Waals surface area (Å²) in [6.07, 6.45) is 3.11. The monoisotopic (exact) mass is 348 g/mol. The summed E-state index contributed by atoms with van der Waals surface area (Å²) in [6, 6.07) is 12.6. The van der Waals surface area contributed by atoms with Gasteiger partial charge in [0.05, 0.1) is 18.5 Å². The van der Waals surface area contributed by atoms with Crippen LogP contribution in [0.3, 0.4) is 0 Å². The van der Waals surface area contributed by atoms with Gasteiger partial charge in [0.25, 0.3) is 0 Å². The van der Waals surface area contributed by atoms with Gasteiger partial charge in [0, 0.05) is 11.1 Å². The molecule has 0 aliphatic rings. The van der Waals surface area contributed by atoms with Crippen LogP contribution in [0.25, 0.3) is 17.3 Å². The van der Waals surface area contributed by atoms with Gasteiger partial charge in [-0.05, 0) is 67.5 Å². The molecule has 0 spiro atoms. The van der Waals surface area contributed by atoms with E-state index in [4.69, 9.17) is 4.74 Å². The topological polar surface area (TPSA) is 75.2 Å². The van der Waals surface area contributed by atoms with Crippen molar-refractivity contribution < 1.29 is 14.6 Å². The molecule has 2 N–H and O–H groups in total. The number of carbonyl (C=O) groups is 1. The zero-order chi connectivity index (χ0) is 18.7. The van der Waals surface area contributed by atoms with Crippen molar-refractivity contribution in [2.24, 2.45) is 0 Å². The van der Waals surface area contributed by atoms with Crippen molar-refractivity contribution in [2.45, 2.75) is 13.8 Å². The molecule has 2 aromatic carbocycles. The summed E-state index contributed by atoms with van der Waals surface area (Å²) >= 11 is 0. The third-order valence-electron chi connectivity index (χ3n) is 4.28. The van der Waals surface area contributed by atoms with Gasteiger partial charge in [0.15, 0.2) is 17.3 Å². The quantitative estimate of drug-likeness (QED) is 0.532. The number of H-pyrrole nitrogens is 1. The van der Waals surface area contributed by atoms with Crippen molar-refractivity contribution in [3.63, 3.8) is 0 Å². The number of nitrogens with one attached hydrogen (secondary N) is 1. The number of hydrogen-bond donors (Lipinski definition) is 2. The Hall–Kier alpha value is -3.34. The van der Waals surface area contributed by atoms with E-state index in [1.165, 1.54) is 30.4 Å². The lowest BCUT2D eigenvalue weighted by Crippen LogP contribution is -1.94. The maximum absolute atomic E-state index is 12.3. The highest BCUT2D eigenvalue weighted by molar-refractivity contribution is 6.07. The van der Waals surface area contributed by atoms with Gasteiger partial charge in [0.1, 0.15) is 0 Å². The fraction of sp³-hybridized carbons (Fsp3) is 0.143. The summed E-state index contributed by atoms with van der Waals surface area (Å²) in [5.41, 5.74) is 5.39. The first-order chi connectivity index (χ1) is 12.5. The van der Waals surface area contributed by atoms with E-state index in [-0.39, 0.29) is 11.5 Å². The number of nitrogens with zero attached hydrogens (tertiary/aromatic N) is 1. The van der Waals surface area contributed by atoms with Crippen LogP contribution in [0.5, 0.6) is 11.5 Å². The Morgan fingerprint density at radius 2 is 1.92 bits per heavy atom. The summed E-state index contributed by atoms with van der Waals surface area (Å²) < 4.78 is 4.98. The first kappa shape index (κ1) is 17.5. The minimum absolute atomic E-state index is 0.0645. The van der Waals surface area contributed by atoms with E-state index in [1.54, 1.807) is 18.2 Å². The number of rotatable bonds is 5. The van der Waals surface area contributed by atoms with E-state index >= 15 is 0 Å². The lowest BCUT2D eigenvalue weighted by atomic mass is 10.0. The number of phenols is 1. The minimum atomic E-state index is -0.217. The Morgan fingerprint density at radius 1 is 1.12 bits per heavy atom. The van der Waals surface area contributed by atoms with E-state index < -0.39 is 0 Å². The second kappa shape index (κ2) is 7.27. The SMILES string of the molecule is COc1ccc(C(=O)C=Cc2cc(-c3ccc(C)c(C)c3)n[nH]2)cc1O. The largest absolute Gasteiger partial charge is 0.504 e. The first-order valence-corrected chi connectivity index (χ1v) is 8.20. The Labute approximate surface area is 152 Å². The van der Waals surface area contributed by atoms with Crippen molar-refractivity contribution in [2.75, 3.05) is 7.11 Å². The van der Waals surface area contributed by atoms with E-state index in [9.17, 15) is 9.90 Å². The summed E-state index contributed by atoms with van der Waals surface area (Å²) in [6.45, 7) is 4.13. The molecule has 5 heteroatoms. The fourth-order valence-corrected chi connectivity index (χ4v) is 2.58. The average molecular weight is 348 g/mol. The van der Waals surface area contributed by atoms with Crippen molar-refractivity contribution in [1.82, 2.24) is 10.2 Å². The molecule has 0 radical (unpaired) electrons. The third kappa shape index (κ3) is 3.67. The molecular weight excluding hydrogens is 328 g/mol. The molecule has 0 amide bonds. The smallest absolute Gasteiger partial charge is 0.186 e. The van der Waals surface area contributed by atoms with Crippen LogP contribution < -0.4 is 4.74 Å². The molecule has 1 aromatic heterocycles. The zero-order valence-electron chi connectivity index (χ0n) is 14.9. The molecule has 0 aliphatic heterocycles. The van der Waals surface area contributed by atoms with E-state index in [0.29, 0.717) is 11.3 Å². The molecule has 3 rings (SSSR count). The van der Waals surface area contributed by atoms with Crippen LogP contribution in [0.2, 0.25) is 0 Å². The summed E-state index contributed by atoms with van der Waals surface area (Å²) in [4.78, 5) is 12.3. The van der Waals surface area contributed by atoms with Crippen LogP contribution in [0.1, 0.15) is 27.2 Å². The lowest BCUT2D eigenvalue weighted by molar-refractivity contribution is 0.104. The normalized spacial score (nSPS) is 11.0. The van der Waals surface area contributed by atoms with Crippen molar-refractivity contribution >= 4 is 11.9 Å². The summed E-state index contributed by atoms with van der Waals surface area (Å²) in [5, 5.41) is 17.0. The number of hydrogen-bond acceptors (Lipinski definition) is 4. The van der Waals surface area contributed by atoms with Gasteiger partial charge in [-0.2, -0.15) is 5.10 Å². The molecule has 0 fully saturated rings. The molecule has 0 atom stereocenters. The van der Waals surface area contributed by atoms with E-state index in [1.807, 2.05) is 12.1 Å².